The maximum atomic E-state index is 13.4. The molecule has 9 heteroatoms. The van der Waals surface area contributed by atoms with Crippen LogP contribution in [0.3, 0.4) is 0 Å². The first-order valence-corrected chi connectivity index (χ1v) is 15.0. The molecule has 0 atom stereocenters. The van der Waals surface area contributed by atoms with Crippen molar-refractivity contribution in [1.29, 1.82) is 0 Å². The molecule has 0 saturated carbocycles. The molecule has 6 rings (SSSR count). The molecule has 1 saturated heterocycles. The summed E-state index contributed by atoms with van der Waals surface area (Å²) in [5.41, 5.74) is 4.69. The quantitative estimate of drug-likeness (QED) is 0.297. The molecule has 204 valence electrons. The van der Waals surface area contributed by atoms with Crippen molar-refractivity contribution in [2.45, 2.75) is 31.6 Å². The van der Waals surface area contributed by atoms with Crippen LogP contribution in [0, 0.1) is 13.8 Å². The Bertz CT molecular complexity index is 1740. The highest BCUT2D eigenvalue weighted by atomic mass is 32.2. The van der Waals surface area contributed by atoms with Crippen molar-refractivity contribution in [3.8, 4) is 5.69 Å². The Balaban J connectivity index is 1.39. The lowest BCUT2D eigenvalue weighted by Gasteiger charge is -2.24. The van der Waals surface area contributed by atoms with Crippen LogP contribution in [0.1, 0.15) is 29.1 Å². The van der Waals surface area contributed by atoms with Gasteiger partial charge in [0, 0.05) is 32.6 Å². The van der Waals surface area contributed by atoms with Gasteiger partial charge in [0.2, 0.25) is 10.0 Å². The molecule has 0 spiro atoms. The Labute approximate surface area is 235 Å². The first kappa shape index (κ1) is 26.2. The van der Waals surface area contributed by atoms with Gasteiger partial charge in [-0.3, -0.25) is 0 Å². The summed E-state index contributed by atoms with van der Waals surface area (Å²) in [7, 11) is -3.58. The molecule has 1 fully saturated rings. The van der Waals surface area contributed by atoms with Crippen molar-refractivity contribution in [3.63, 3.8) is 0 Å². The third kappa shape index (κ3) is 5.10. The minimum Gasteiger partial charge on any atom is -0.355 e. The van der Waals surface area contributed by atoms with Gasteiger partial charge in [0.25, 0.3) is 0 Å². The number of benzene rings is 3. The van der Waals surface area contributed by atoms with Gasteiger partial charge in [-0.15, -0.1) is 0 Å². The predicted octanol–water partition coefficient (Wildman–Crippen LogP) is 4.92. The van der Waals surface area contributed by atoms with Crippen LogP contribution in [0.5, 0.6) is 0 Å². The van der Waals surface area contributed by atoms with Crippen molar-refractivity contribution in [2.24, 2.45) is 0 Å². The summed E-state index contributed by atoms with van der Waals surface area (Å²) in [5.74, 6) is 1.52. The van der Waals surface area contributed by atoms with E-state index in [0.717, 1.165) is 39.4 Å². The molecule has 2 aromatic heterocycles. The van der Waals surface area contributed by atoms with Gasteiger partial charge in [0.1, 0.15) is 11.6 Å². The van der Waals surface area contributed by atoms with Gasteiger partial charge < -0.3 is 4.90 Å². The molecule has 5 aromatic rings. The molecule has 0 unspecified atom stereocenters. The number of para-hydroxylation sites is 1. The maximum absolute atomic E-state index is 13.4. The van der Waals surface area contributed by atoms with E-state index in [-0.39, 0.29) is 0 Å². The number of hydrogen-bond acceptors (Lipinski definition) is 6. The third-order valence-electron chi connectivity index (χ3n) is 7.35. The Hall–Kier alpha value is -4.08. The van der Waals surface area contributed by atoms with Crippen molar-refractivity contribution in [2.75, 3.05) is 31.1 Å². The molecule has 0 amide bonds. The average Bonchev–Trinajstić information content (AvgIpc) is 3.12. The Morgan fingerprint density at radius 3 is 2.20 bits per heavy atom. The van der Waals surface area contributed by atoms with E-state index in [1.54, 1.807) is 16.4 Å². The molecule has 40 heavy (non-hydrogen) atoms. The van der Waals surface area contributed by atoms with E-state index in [9.17, 15) is 8.42 Å². The van der Waals surface area contributed by atoms with Gasteiger partial charge in [-0.2, -0.15) is 9.40 Å². The Morgan fingerprint density at radius 2 is 1.48 bits per heavy atom. The first-order valence-electron chi connectivity index (χ1n) is 13.6. The minimum absolute atomic E-state index is 0.334. The number of aromatic nitrogens is 4. The summed E-state index contributed by atoms with van der Waals surface area (Å²) in [6.45, 7) is 5.99. The molecule has 0 aliphatic carbocycles. The van der Waals surface area contributed by atoms with E-state index in [1.165, 1.54) is 0 Å². The summed E-state index contributed by atoms with van der Waals surface area (Å²) in [6, 6.07) is 27.3. The number of rotatable bonds is 6. The van der Waals surface area contributed by atoms with E-state index in [0.29, 0.717) is 49.7 Å². The number of anilines is 1. The zero-order valence-electron chi connectivity index (χ0n) is 22.7. The van der Waals surface area contributed by atoms with Crippen molar-refractivity contribution in [1.82, 2.24) is 24.1 Å². The lowest BCUT2D eigenvalue weighted by molar-refractivity contribution is 0.433. The number of sulfonamides is 1. The van der Waals surface area contributed by atoms with Crippen LogP contribution in [0.2, 0.25) is 0 Å². The second-order valence-electron chi connectivity index (χ2n) is 10.2. The number of fused-ring (bicyclic) bond motifs is 1. The number of aryl methyl sites for hydroxylation is 2. The van der Waals surface area contributed by atoms with Crippen LogP contribution in [-0.2, 0) is 16.4 Å². The fraction of sp³-hybridized carbons (Fsp3) is 0.258. The lowest BCUT2D eigenvalue weighted by atomic mass is 10.1. The molecule has 0 bridgehead atoms. The summed E-state index contributed by atoms with van der Waals surface area (Å²) in [6.07, 6.45) is 1.28. The standard InChI is InChI=1S/C31H32N6O2S/c1-23-14-16-27(17-15-23)40(38,39)36-19-9-18-35(20-21-36)30-29-24(2)34-37(26-12-7-4-8-13-26)31(29)33-28(32-30)22-25-10-5-3-6-11-25/h3-8,10-17H,9,18-22H2,1-2H3. The van der Waals surface area contributed by atoms with E-state index >= 15 is 0 Å². The van der Waals surface area contributed by atoms with Crippen LogP contribution in [0.25, 0.3) is 16.7 Å². The highest BCUT2D eigenvalue weighted by Crippen LogP contribution is 2.31. The zero-order chi connectivity index (χ0) is 27.7. The SMILES string of the molecule is Cc1ccc(S(=O)(=O)N2CCCN(c3nc(Cc4ccccc4)nc4c3c(C)nn4-c3ccccc3)CC2)cc1. The fourth-order valence-corrected chi connectivity index (χ4v) is 6.72. The summed E-state index contributed by atoms with van der Waals surface area (Å²) in [4.78, 5) is 12.6. The van der Waals surface area contributed by atoms with Crippen molar-refractivity contribution in [3.05, 3.63) is 108 Å². The van der Waals surface area contributed by atoms with Crippen LogP contribution >= 0.6 is 0 Å². The molecule has 1 aliphatic rings. The highest BCUT2D eigenvalue weighted by Gasteiger charge is 2.29. The maximum Gasteiger partial charge on any atom is 0.243 e. The van der Waals surface area contributed by atoms with Gasteiger partial charge in [0.15, 0.2) is 5.65 Å². The average molecular weight is 553 g/mol. The molecule has 8 nitrogen and oxygen atoms in total. The van der Waals surface area contributed by atoms with E-state index in [4.69, 9.17) is 15.1 Å². The van der Waals surface area contributed by atoms with Crippen molar-refractivity contribution >= 4 is 26.9 Å². The van der Waals surface area contributed by atoms with Crippen LogP contribution < -0.4 is 4.90 Å². The second-order valence-corrected chi connectivity index (χ2v) is 12.2. The predicted molar refractivity (Wildman–Crippen MR) is 157 cm³/mol. The Morgan fingerprint density at radius 1 is 0.775 bits per heavy atom. The molecular weight excluding hydrogens is 520 g/mol. The molecule has 0 radical (unpaired) electrons. The minimum atomic E-state index is -3.58. The second kappa shape index (κ2) is 10.8. The normalized spacial score (nSPS) is 14.9. The lowest BCUT2D eigenvalue weighted by Crippen LogP contribution is -2.35. The van der Waals surface area contributed by atoms with Gasteiger partial charge in [-0.05, 0) is 50.1 Å². The van der Waals surface area contributed by atoms with Gasteiger partial charge in [-0.1, -0.05) is 66.2 Å². The third-order valence-corrected chi connectivity index (χ3v) is 9.26. The largest absolute Gasteiger partial charge is 0.355 e. The molecule has 3 heterocycles. The molecule has 3 aromatic carbocycles. The Kier molecular flexibility index (Phi) is 7.08. The van der Waals surface area contributed by atoms with E-state index < -0.39 is 10.0 Å². The smallest absolute Gasteiger partial charge is 0.243 e. The van der Waals surface area contributed by atoms with Gasteiger partial charge >= 0.3 is 0 Å². The highest BCUT2D eigenvalue weighted by molar-refractivity contribution is 7.89. The molecule has 0 N–H and O–H groups in total. The van der Waals surface area contributed by atoms with Crippen LogP contribution in [0.15, 0.2) is 89.8 Å². The number of hydrogen-bond donors (Lipinski definition) is 0. The van der Waals surface area contributed by atoms with Crippen molar-refractivity contribution < 1.29 is 8.42 Å². The topological polar surface area (TPSA) is 84.2 Å². The van der Waals surface area contributed by atoms with Crippen LogP contribution in [-0.4, -0.2) is 58.7 Å². The molecule has 1 aliphatic heterocycles. The summed E-state index contributed by atoms with van der Waals surface area (Å²) < 4.78 is 30.4. The molecular formula is C31H32N6O2S. The zero-order valence-corrected chi connectivity index (χ0v) is 23.6. The fourth-order valence-electron chi connectivity index (χ4n) is 5.25. The van der Waals surface area contributed by atoms with Gasteiger partial charge in [0.05, 0.1) is 21.7 Å². The number of nitrogens with zero attached hydrogens (tertiary/aromatic N) is 6. The summed E-state index contributed by atoms with van der Waals surface area (Å²) >= 11 is 0. The van der Waals surface area contributed by atoms with E-state index in [2.05, 4.69) is 17.0 Å². The van der Waals surface area contributed by atoms with Crippen LogP contribution in [0.4, 0.5) is 5.82 Å². The van der Waals surface area contributed by atoms with E-state index in [1.807, 2.05) is 79.2 Å². The monoisotopic (exact) mass is 552 g/mol. The first-order chi connectivity index (χ1) is 19.4. The van der Waals surface area contributed by atoms with Gasteiger partial charge in [-0.25, -0.2) is 23.1 Å². The summed E-state index contributed by atoms with van der Waals surface area (Å²) in [5, 5.41) is 5.77.